The molecular weight excluding hydrogens is 418 g/mol. The number of benzene rings is 3. The minimum absolute atomic E-state index is 0.289. The highest BCUT2D eigenvalue weighted by molar-refractivity contribution is 6.08. The zero-order valence-corrected chi connectivity index (χ0v) is 18.7. The van der Waals surface area contributed by atoms with E-state index in [1.165, 1.54) is 0 Å². The molecule has 0 atom stereocenters. The molecule has 1 aromatic heterocycles. The van der Waals surface area contributed by atoms with Gasteiger partial charge in [-0.2, -0.15) is 5.10 Å². The van der Waals surface area contributed by atoms with Crippen molar-refractivity contribution in [1.29, 1.82) is 0 Å². The summed E-state index contributed by atoms with van der Waals surface area (Å²) in [6, 6.07) is 22.7. The summed E-state index contributed by atoms with van der Waals surface area (Å²) in [4.78, 5) is 13.4. The molecule has 7 heteroatoms. The standard InChI is InChI=1S/C26H25N3O4/c1-31-21-11-7-10-19(12-21)25-24(17-29(28-25)16-18-8-5-4-6-9-18)26(30)27-20-13-22(32-2)15-23(14-20)33-3/h4-15,17H,16H2,1-3H3,(H,27,30). The molecule has 0 bridgehead atoms. The molecule has 0 saturated carbocycles. The third kappa shape index (κ3) is 5.15. The van der Waals surface area contributed by atoms with E-state index in [1.54, 1.807) is 50.4 Å². The highest BCUT2D eigenvalue weighted by Crippen LogP contribution is 2.29. The van der Waals surface area contributed by atoms with Crippen LogP contribution in [0.15, 0.2) is 79.0 Å². The lowest BCUT2D eigenvalue weighted by molar-refractivity contribution is 0.102. The normalized spacial score (nSPS) is 10.5. The number of methoxy groups -OCH3 is 3. The minimum atomic E-state index is -0.289. The average molecular weight is 444 g/mol. The summed E-state index contributed by atoms with van der Waals surface area (Å²) in [5.41, 5.74) is 3.44. The van der Waals surface area contributed by atoms with E-state index in [9.17, 15) is 4.79 Å². The van der Waals surface area contributed by atoms with E-state index in [-0.39, 0.29) is 5.91 Å². The van der Waals surface area contributed by atoms with Crippen molar-refractivity contribution in [3.05, 3.63) is 90.1 Å². The van der Waals surface area contributed by atoms with Gasteiger partial charge in [0.1, 0.15) is 22.9 Å². The molecular formula is C26H25N3O4. The Labute approximate surface area is 192 Å². The summed E-state index contributed by atoms with van der Waals surface area (Å²) in [6.07, 6.45) is 1.76. The summed E-state index contributed by atoms with van der Waals surface area (Å²) in [5, 5.41) is 7.67. The van der Waals surface area contributed by atoms with Gasteiger partial charge >= 0.3 is 0 Å². The van der Waals surface area contributed by atoms with Crippen LogP contribution in [0.4, 0.5) is 5.69 Å². The Morgan fingerprint density at radius 1 is 0.848 bits per heavy atom. The monoisotopic (exact) mass is 443 g/mol. The van der Waals surface area contributed by atoms with Crippen molar-refractivity contribution >= 4 is 11.6 Å². The van der Waals surface area contributed by atoms with Crippen LogP contribution < -0.4 is 19.5 Å². The number of amides is 1. The first kappa shape index (κ1) is 22.0. The van der Waals surface area contributed by atoms with Crippen LogP contribution in [0.1, 0.15) is 15.9 Å². The first-order chi connectivity index (χ1) is 16.1. The lowest BCUT2D eigenvalue weighted by atomic mass is 10.1. The van der Waals surface area contributed by atoms with E-state index in [4.69, 9.17) is 19.3 Å². The molecule has 0 radical (unpaired) electrons. The molecule has 7 nitrogen and oxygen atoms in total. The van der Waals surface area contributed by atoms with Crippen LogP contribution in [0.2, 0.25) is 0 Å². The SMILES string of the molecule is COc1cc(NC(=O)c2cn(Cc3ccccc3)nc2-c2cccc(OC)c2)cc(OC)c1. The van der Waals surface area contributed by atoms with E-state index >= 15 is 0 Å². The second-order valence-corrected chi connectivity index (χ2v) is 7.36. The second-order valence-electron chi connectivity index (χ2n) is 7.36. The highest BCUT2D eigenvalue weighted by atomic mass is 16.5. The van der Waals surface area contributed by atoms with Gasteiger partial charge in [-0.15, -0.1) is 0 Å². The van der Waals surface area contributed by atoms with E-state index in [2.05, 4.69) is 5.32 Å². The molecule has 33 heavy (non-hydrogen) atoms. The van der Waals surface area contributed by atoms with E-state index in [0.29, 0.717) is 40.7 Å². The van der Waals surface area contributed by atoms with Gasteiger partial charge in [-0.05, 0) is 17.7 Å². The van der Waals surface area contributed by atoms with Crippen molar-refractivity contribution in [3.63, 3.8) is 0 Å². The Balaban J connectivity index is 1.71. The molecule has 4 rings (SSSR count). The molecule has 0 saturated heterocycles. The summed E-state index contributed by atoms with van der Waals surface area (Å²) >= 11 is 0. The Hall–Kier alpha value is -4.26. The highest BCUT2D eigenvalue weighted by Gasteiger charge is 2.19. The number of nitrogens with one attached hydrogen (secondary N) is 1. The maximum atomic E-state index is 13.4. The van der Waals surface area contributed by atoms with Crippen LogP contribution in [-0.2, 0) is 6.54 Å². The maximum Gasteiger partial charge on any atom is 0.259 e. The minimum Gasteiger partial charge on any atom is -0.497 e. The van der Waals surface area contributed by atoms with Gasteiger partial charge in [0.25, 0.3) is 5.91 Å². The number of nitrogens with zero attached hydrogens (tertiary/aromatic N) is 2. The van der Waals surface area contributed by atoms with Gasteiger partial charge in [0.15, 0.2) is 0 Å². The average Bonchev–Trinajstić information content (AvgIpc) is 3.28. The Morgan fingerprint density at radius 2 is 1.55 bits per heavy atom. The third-order valence-corrected chi connectivity index (χ3v) is 5.15. The van der Waals surface area contributed by atoms with Crippen LogP contribution in [0.25, 0.3) is 11.3 Å². The number of ether oxygens (including phenoxy) is 3. The largest absolute Gasteiger partial charge is 0.497 e. The zero-order chi connectivity index (χ0) is 23.2. The van der Waals surface area contributed by atoms with Crippen LogP contribution in [0.3, 0.4) is 0 Å². The van der Waals surface area contributed by atoms with E-state index in [0.717, 1.165) is 11.1 Å². The number of carbonyl (C=O) groups is 1. The summed E-state index contributed by atoms with van der Waals surface area (Å²) in [6.45, 7) is 0.540. The molecule has 0 spiro atoms. The maximum absolute atomic E-state index is 13.4. The van der Waals surface area contributed by atoms with Crippen LogP contribution in [0.5, 0.6) is 17.2 Å². The van der Waals surface area contributed by atoms with Crippen molar-refractivity contribution in [2.24, 2.45) is 0 Å². The fraction of sp³-hybridized carbons (Fsp3) is 0.154. The number of hydrogen-bond acceptors (Lipinski definition) is 5. The molecule has 168 valence electrons. The molecule has 0 fully saturated rings. The third-order valence-electron chi connectivity index (χ3n) is 5.15. The molecule has 0 unspecified atom stereocenters. The van der Waals surface area contributed by atoms with Crippen molar-refractivity contribution in [3.8, 4) is 28.5 Å². The Bertz CT molecular complexity index is 1230. The molecule has 1 heterocycles. The zero-order valence-electron chi connectivity index (χ0n) is 18.7. The topological polar surface area (TPSA) is 74.6 Å². The predicted molar refractivity (Wildman–Crippen MR) is 127 cm³/mol. The smallest absolute Gasteiger partial charge is 0.259 e. The van der Waals surface area contributed by atoms with E-state index in [1.807, 2.05) is 54.6 Å². The number of aromatic nitrogens is 2. The Morgan fingerprint density at radius 3 is 2.21 bits per heavy atom. The summed E-state index contributed by atoms with van der Waals surface area (Å²) in [7, 11) is 4.74. The lowest BCUT2D eigenvalue weighted by Gasteiger charge is -2.10. The Kier molecular flexibility index (Phi) is 6.59. The fourth-order valence-electron chi connectivity index (χ4n) is 3.50. The van der Waals surface area contributed by atoms with Crippen molar-refractivity contribution in [2.45, 2.75) is 6.54 Å². The molecule has 4 aromatic rings. The molecule has 0 aliphatic carbocycles. The summed E-state index contributed by atoms with van der Waals surface area (Å²) < 4.78 is 17.8. The first-order valence-electron chi connectivity index (χ1n) is 10.4. The lowest BCUT2D eigenvalue weighted by Crippen LogP contribution is -2.12. The number of rotatable bonds is 8. The van der Waals surface area contributed by atoms with Crippen LogP contribution >= 0.6 is 0 Å². The molecule has 1 amide bonds. The fourth-order valence-corrected chi connectivity index (χ4v) is 3.50. The molecule has 0 aliphatic rings. The molecule has 3 aromatic carbocycles. The first-order valence-corrected chi connectivity index (χ1v) is 10.4. The van der Waals surface area contributed by atoms with Crippen molar-refractivity contribution in [1.82, 2.24) is 9.78 Å². The summed E-state index contributed by atoms with van der Waals surface area (Å²) in [5.74, 6) is 1.56. The van der Waals surface area contributed by atoms with Gasteiger partial charge in [0.05, 0.1) is 33.4 Å². The predicted octanol–water partition coefficient (Wildman–Crippen LogP) is 4.88. The van der Waals surface area contributed by atoms with Crippen LogP contribution in [0, 0.1) is 0 Å². The van der Waals surface area contributed by atoms with E-state index < -0.39 is 0 Å². The van der Waals surface area contributed by atoms with Gasteiger partial charge in [0.2, 0.25) is 0 Å². The van der Waals surface area contributed by atoms with Gasteiger partial charge in [-0.25, -0.2) is 0 Å². The van der Waals surface area contributed by atoms with Gasteiger partial charge in [-0.1, -0.05) is 42.5 Å². The number of hydrogen-bond donors (Lipinski definition) is 1. The van der Waals surface area contributed by atoms with Crippen molar-refractivity contribution < 1.29 is 19.0 Å². The number of anilines is 1. The van der Waals surface area contributed by atoms with Gasteiger partial charge in [0, 0.05) is 35.6 Å². The van der Waals surface area contributed by atoms with Gasteiger partial charge < -0.3 is 19.5 Å². The quantitative estimate of drug-likeness (QED) is 0.420. The van der Waals surface area contributed by atoms with Crippen molar-refractivity contribution in [2.75, 3.05) is 26.6 Å². The van der Waals surface area contributed by atoms with Crippen LogP contribution in [-0.4, -0.2) is 37.0 Å². The molecule has 0 aliphatic heterocycles. The second kappa shape index (κ2) is 9.91. The number of carbonyl (C=O) groups excluding carboxylic acids is 1. The molecule has 1 N–H and O–H groups in total. The van der Waals surface area contributed by atoms with Gasteiger partial charge in [-0.3, -0.25) is 9.48 Å².